The van der Waals surface area contributed by atoms with Crippen molar-refractivity contribution in [1.29, 1.82) is 0 Å². The predicted molar refractivity (Wildman–Crippen MR) is 79.2 cm³/mol. The molecule has 110 valence electrons. The third-order valence-corrected chi connectivity index (χ3v) is 3.46. The Morgan fingerprint density at radius 1 is 1.24 bits per heavy atom. The first-order chi connectivity index (χ1) is 9.88. The van der Waals surface area contributed by atoms with E-state index >= 15 is 0 Å². The lowest BCUT2D eigenvalue weighted by Gasteiger charge is -2.10. The number of anilines is 1. The minimum atomic E-state index is -1.18. The zero-order valence-corrected chi connectivity index (χ0v) is 12.6. The molecule has 0 aliphatic heterocycles. The van der Waals surface area contributed by atoms with Crippen LogP contribution < -0.4 is 5.32 Å². The second kappa shape index (κ2) is 6.17. The van der Waals surface area contributed by atoms with Gasteiger partial charge in [-0.05, 0) is 30.7 Å². The fraction of sp³-hybridized carbons (Fsp3) is 0.143. The summed E-state index contributed by atoms with van der Waals surface area (Å²) in [6, 6.07) is 6.94. The molecule has 0 bridgehead atoms. The fourth-order valence-corrected chi connectivity index (χ4v) is 2.35. The maximum absolute atomic E-state index is 13.7. The van der Waals surface area contributed by atoms with Gasteiger partial charge in [-0.2, -0.15) is 4.39 Å². The zero-order chi connectivity index (χ0) is 15.6. The molecule has 4 nitrogen and oxygen atoms in total. The molecule has 0 saturated heterocycles. The molecule has 0 atom stereocenters. The molecule has 2 aromatic carbocycles. The summed E-state index contributed by atoms with van der Waals surface area (Å²) < 4.78 is 27.8. The molecule has 2 aromatic rings. The summed E-state index contributed by atoms with van der Waals surface area (Å²) >= 11 is 3.33. The summed E-state index contributed by atoms with van der Waals surface area (Å²) in [5, 5.41) is 13.6. The molecule has 21 heavy (non-hydrogen) atoms. The van der Waals surface area contributed by atoms with Gasteiger partial charge in [0.1, 0.15) is 5.82 Å². The van der Waals surface area contributed by atoms with Crippen LogP contribution in [-0.2, 0) is 6.54 Å². The molecule has 0 amide bonds. The Labute approximate surface area is 128 Å². The number of aryl methyl sites for hydroxylation is 1. The summed E-state index contributed by atoms with van der Waals surface area (Å²) in [7, 11) is 0. The summed E-state index contributed by atoms with van der Waals surface area (Å²) in [5.41, 5.74) is 0.997. The topological polar surface area (TPSA) is 55.2 Å². The Balaban J connectivity index is 2.23. The van der Waals surface area contributed by atoms with E-state index in [2.05, 4.69) is 21.2 Å². The van der Waals surface area contributed by atoms with Gasteiger partial charge >= 0.3 is 5.69 Å². The van der Waals surface area contributed by atoms with Crippen molar-refractivity contribution in [3.8, 4) is 0 Å². The highest BCUT2D eigenvalue weighted by molar-refractivity contribution is 9.10. The van der Waals surface area contributed by atoms with Crippen molar-refractivity contribution in [2.24, 2.45) is 0 Å². The SMILES string of the molecule is Cc1cc(Br)ccc1NCc1cc([N+](=O)[O-])c(F)cc1F. The minimum absolute atomic E-state index is 0.0232. The highest BCUT2D eigenvalue weighted by Gasteiger charge is 2.18. The van der Waals surface area contributed by atoms with Gasteiger partial charge in [0.25, 0.3) is 0 Å². The standard InChI is InChI=1S/C14H11BrF2N2O2/c1-8-4-10(15)2-3-13(8)18-7-9-5-14(19(20)21)12(17)6-11(9)16/h2-6,18H,7H2,1H3. The first-order valence-corrected chi connectivity index (χ1v) is 6.80. The van der Waals surface area contributed by atoms with Crippen LogP contribution in [-0.4, -0.2) is 4.92 Å². The normalized spacial score (nSPS) is 10.5. The zero-order valence-electron chi connectivity index (χ0n) is 11.0. The van der Waals surface area contributed by atoms with Crippen LogP contribution in [0, 0.1) is 28.7 Å². The van der Waals surface area contributed by atoms with Crippen molar-refractivity contribution < 1.29 is 13.7 Å². The van der Waals surface area contributed by atoms with Crippen LogP contribution in [0.15, 0.2) is 34.8 Å². The summed E-state index contributed by atoms with van der Waals surface area (Å²) in [6.07, 6.45) is 0. The van der Waals surface area contributed by atoms with E-state index in [0.29, 0.717) is 6.07 Å². The van der Waals surface area contributed by atoms with Gasteiger partial charge in [-0.1, -0.05) is 15.9 Å². The van der Waals surface area contributed by atoms with Crippen LogP contribution in [0.25, 0.3) is 0 Å². The van der Waals surface area contributed by atoms with Crippen LogP contribution in [0.4, 0.5) is 20.2 Å². The van der Waals surface area contributed by atoms with Crippen molar-refractivity contribution in [1.82, 2.24) is 0 Å². The van der Waals surface area contributed by atoms with Crippen LogP contribution in [0.5, 0.6) is 0 Å². The number of halogens is 3. The number of hydrogen-bond acceptors (Lipinski definition) is 3. The number of nitrogens with zero attached hydrogens (tertiary/aromatic N) is 1. The first-order valence-electron chi connectivity index (χ1n) is 6.01. The molecule has 7 heteroatoms. The highest BCUT2D eigenvalue weighted by atomic mass is 79.9. The molecule has 0 aromatic heterocycles. The van der Waals surface area contributed by atoms with Gasteiger partial charge in [0.05, 0.1) is 4.92 Å². The summed E-state index contributed by atoms with van der Waals surface area (Å²) in [6.45, 7) is 1.89. The van der Waals surface area contributed by atoms with Crippen LogP contribution in [0.1, 0.15) is 11.1 Å². The van der Waals surface area contributed by atoms with Crippen LogP contribution in [0.2, 0.25) is 0 Å². The Bertz CT molecular complexity index is 708. The Morgan fingerprint density at radius 3 is 2.57 bits per heavy atom. The predicted octanol–water partition coefficient (Wildman–Crippen LogP) is 4.56. The van der Waals surface area contributed by atoms with Crippen LogP contribution >= 0.6 is 15.9 Å². The number of nitro groups is 1. The van der Waals surface area contributed by atoms with E-state index in [1.807, 2.05) is 19.1 Å². The summed E-state index contributed by atoms with van der Waals surface area (Å²) in [4.78, 5) is 9.80. The third kappa shape index (κ3) is 3.55. The van der Waals surface area contributed by atoms with Crippen molar-refractivity contribution in [2.45, 2.75) is 13.5 Å². The molecular formula is C14H11BrF2N2O2. The van der Waals surface area contributed by atoms with Crippen molar-refractivity contribution >= 4 is 27.3 Å². The lowest BCUT2D eigenvalue weighted by Crippen LogP contribution is -2.05. The minimum Gasteiger partial charge on any atom is -0.381 e. The number of hydrogen-bond donors (Lipinski definition) is 1. The smallest absolute Gasteiger partial charge is 0.305 e. The molecule has 1 N–H and O–H groups in total. The van der Waals surface area contributed by atoms with E-state index in [-0.39, 0.29) is 12.1 Å². The first kappa shape index (κ1) is 15.4. The molecule has 0 heterocycles. The third-order valence-electron chi connectivity index (χ3n) is 2.97. The highest BCUT2D eigenvalue weighted by Crippen LogP contribution is 2.24. The molecule has 0 spiro atoms. The Kier molecular flexibility index (Phi) is 4.52. The average Bonchev–Trinajstić information content (AvgIpc) is 2.39. The maximum atomic E-state index is 13.7. The lowest BCUT2D eigenvalue weighted by molar-refractivity contribution is -0.387. The Morgan fingerprint density at radius 2 is 1.95 bits per heavy atom. The van der Waals surface area contributed by atoms with Gasteiger partial charge in [-0.3, -0.25) is 10.1 Å². The number of nitrogens with one attached hydrogen (secondary N) is 1. The number of rotatable bonds is 4. The molecule has 0 aliphatic rings. The molecule has 0 saturated carbocycles. The quantitative estimate of drug-likeness (QED) is 0.645. The molecule has 0 radical (unpaired) electrons. The monoisotopic (exact) mass is 356 g/mol. The second-order valence-electron chi connectivity index (χ2n) is 4.46. The van der Waals surface area contributed by atoms with E-state index in [4.69, 9.17) is 0 Å². The van der Waals surface area contributed by atoms with E-state index in [1.54, 1.807) is 6.07 Å². The van der Waals surface area contributed by atoms with Gasteiger partial charge < -0.3 is 5.32 Å². The molecule has 0 fully saturated rings. The van der Waals surface area contributed by atoms with Crippen molar-refractivity contribution in [3.63, 3.8) is 0 Å². The van der Waals surface area contributed by atoms with Gasteiger partial charge in [-0.25, -0.2) is 4.39 Å². The summed E-state index contributed by atoms with van der Waals surface area (Å²) in [5.74, 6) is -2.00. The van der Waals surface area contributed by atoms with E-state index in [1.165, 1.54) is 0 Å². The fourth-order valence-electron chi connectivity index (χ4n) is 1.87. The van der Waals surface area contributed by atoms with Gasteiger partial charge in [0, 0.05) is 34.4 Å². The van der Waals surface area contributed by atoms with Gasteiger partial charge in [0.15, 0.2) is 0 Å². The maximum Gasteiger partial charge on any atom is 0.305 e. The molecule has 2 rings (SSSR count). The molecule has 0 unspecified atom stereocenters. The molecule has 0 aliphatic carbocycles. The van der Waals surface area contributed by atoms with Gasteiger partial charge in [-0.15, -0.1) is 0 Å². The van der Waals surface area contributed by atoms with Crippen molar-refractivity contribution in [3.05, 3.63) is 67.7 Å². The van der Waals surface area contributed by atoms with E-state index in [9.17, 15) is 18.9 Å². The Hall–Kier alpha value is -2.02. The average molecular weight is 357 g/mol. The molecular weight excluding hydrogens is 346 g/mol. The number of nitro benzene ring substituents is 1. The largest absolute Gasteiger partial charge is 0.381 e. The second-order valence-corrected chi connectivity index (χ2v) is 5.38. The van der Waals surface area contributed by atoms with E-state index < -0.39 is 22.2 Å². The lowest BCUT2D eigenvalue weighted by atomic mass is 10.1. The number of benzene rings is 2. The van der Waals surface area contributed by atoms with Crippen molar-refractivity contribution in [2.75, 3.05) is 5.32 Å². The van der Waals surface area contributed by atoms with E-state index in [0.717, 1.165) is 21.8 Å². The van der Waals surface area contributed by atoms with Gasteiger partial charge in [0.2, 0.25) is 5.82 Å². The van der Waals surface area contributed by atoms with Crippen LogP contribution in [0.3, 0.4) is 0 Å².